The van der Waals surface area contributed by atoms with Gasteiger partial charge in [-0.15, -0.1) is 11.5 Å². The molecule has 0 aromatic rings. The monoisotopic (exact) mass is 246 g/mol. The maximum absolute atomic E-state index is 12.3. The van der Waals surface area contributed by atoms with E-state index in [1.165, 1.54) is 6.08 Å². The van der Waals surface area contributed by atoms with Crippen molar-refractivity contribution in [2.75, 3.05) is 0 Å². The SMILES string of the molecule is CC(C)(O)C1CC=C([B-](F)(F)F)CC1.[K+]. The van der Waals surface area contributed by atoms with E-state index in [-0.39, 0.29) is 69.2 Å². The van der Waals surface area contributed by atoms with E-state index in [1.54, 1.807) is 13.8 Å². The van der Waals surface area contributed by atoms with Crippen LogP contribution in [0.15, 0.2) is 11.5 Å². The molecule has 1 aliphatic carbocycles. The molecule has 1 atom stereocenters. The summed E-state index contributed by atoms with van der Waals surface area (Å²) in [6.45, 7) is -1.51. The summed E-state index contributed by atoms with van der Waals surface area (Å²) in [4.78, 5) is 0. The fourth-order valence-electron chi connectivity index (χ4n) is 1.79. The smallest absolute Gasteiger partial charge is 0.445 e. The molecular formula is C9H15BF3KO. The summed E-state index contributed by atoms with van der Waals surface area (Å²) < 4.78 is 36.9. The first-order chi connectivity index (χ1) is 6.21. The van der Waals surface area contributed by atoms with Crippen LogP contribution in [0.4, 0.5) is 12.9 Å². The summed E-state index contributed by atoms with van der Waals surface area (Å²) in [6, 6.07) is 0. The molecule has 1 N–H and O–H groups in total. The molecular weight excluding hydrogens is 231 g/mol. The normalized spacial score (nSPS) is 23.1. The number of rotatable bonds is 2. The summed E-state index contributed by atoms with van der Waals surface area (Å²) in [6.07, 6.45) is 2.06. The topological polar surface area (TPSA) is 20.2 Å². The van der Waals surface area contributed by atoms with E-state index in [4.69, 9.17) is 0 Å². The molecule has 1 aliphatic rings. The van der Waals surface area contributed by atoms with Gasteiger partial charge in [0.25, 0.3) is 0 Å². The van der Waals surface area contributed by atoms with Crippen LogP contribution in [-0.4, -0.2) is 17.7 Å². The molecule has 1 rings (SSSR count). The fraction of sp³-hybridized carbons (Fsp3) is 0.778. The molecule has 0 bridgehead atoms. The van der Waals surface area contributed by atoms with Crippen molar-refractivity contribution in [3.8, 4) is 0 Å². The van der Waals surface area contributed by atoms with Gasteiger partial charge in [0.2, 0.25) is 0 Å². The third-order valence-corrected chi connectivity index (χ3v) is 2.87. The van der Waals surface area contributed by atoms with Gasteiger partial charge in [0.15, 0.2) is 0 Å². The van der Waals surface area contributed by atoms with Crippen LogP contribution in [0.2, 0.25) is 0 Å². The second kappa shape index (κ2) is 5.69. The molecule has 0 aromatic carbocycles. The van der Waals surface area contributed by atoms with Crippen molar-refractivity contribution in [2.24, 2.45) is 5.92 Å². The van der Waals surface area contributed by atoms with Gasteiger partial charge in [-0.05, 0) is 32.6 Å². The average molecular weight is 246 g/mol. The van der Waals surface area contributed by atoms with E-state index in [1.807, 2.05) is 0 Å². The molecule has 0 aliphatic heterocycles. The van der Waals surface area contributed by atoms with Crippen LogP contribution in [-0.2, 0) is 0 Å². The fourth-order valence-corrected chi connectivity index (χ4v) is 1.79. The zero-order valence-electron chi connectivity index (χ0n) is 9.43. The Balaban J connectivity index is 0.00000196. The largest absolute Gasteiger partial charge is 1.00 e. The molecule has 1 nitrogen and oxygen atoms in total. The van der Waals surface area contributed by atoms with Crippen molar-refractivity contribution in [3.63, 3.8) is 0 Å². The number of aliphatic hydroxyl groups is 1. The van der Waals surface area contributed by atoms with Gasteiger partial charge in [0, 0.05) is 0 Å². The standard InChI is InChI=1S/C9H15BF3O.K/c1-9(2,14)7-3-5-8(6-4-7)10(11,12)13;/h5,7,14H,3-4,6H2,1-2H3;/q-1;+1. The minimum absolute atomic E-state index is 0. The molecule has 6 heteroatoms. The Kier molecular flexibility index (Phi) is 6.14. The Labute approximate surface area is 131 Å². The molecule has 1 unspecified atom stereocenters. The molecule has 0 fully saturated rings. The molecule has 0 saturated heterocycles. The van der Waals surface area contributed by atoms with Crippen molar-refractivity contribution in [3.05, 3.63) is 11.5 Å². The summed E-state index contributed by atoms with van der Waals surface area (Å²) in [7, 11) is 0. The predicted octanol–water partition coefficient (Wildman–Crippen LogP) is -0.126. The van der Waals surface area contributed by atoms with Gasteiger partial charge in [0.05, 0.1) is 5.60 Å². The van der Waals surface area contributed by atoms with Crippen molar-refractivity contribution in [1.82, 2.24) is 0 Å². The molecule has 0 heterocycles. The minimum atomic E-state index is -4.81. The zero-order valence-corrected chi connectivity index (χ0v) is 12.6. The van der Waals surface area contributed by atoms with Crippen molar-refractivity contribution >= 4 is 6.98 Å². The van der Waals surface area contributed by atoms with Crippen LogP contribution >= 0.6 is 0 Å². The Bertz CT molecular complexity index is 245. The number of allylic oxidation sites excluding steroid dienone is 2. The van der Waals surface area contributed by atoms with Crippen LogP contribution in [0.3, 0.4) is 0 Å². The van der Waals surface area contributed by atoms with E-state index in [2.05, 4.69) is 0 Å². The van der Waals surface area contributed by atoms with Crippen LogP contribution in [0, 0.1) is 5.92 Å². The number of hydrogen-bond acceptors (Lipinski definition) is 1. The van der Waals surface area contributed by atoms with Crippen LogP contribution in [0.25, 0.3) is 0 Å². The first-order valence-corrected chi connectivity index (χ1v) is 4.82. The predicted molar refractivity (Wildman–Crippen MR) is 50.8 cm³/mol. The van der Waals surface area contributed by atoms with Gasteiger partial charge in [0.1, 0.15) is 0 Å². The third-order valence-electron chi connectivity index (χ3n) is 2.87. The summed E-state index contributed by atoms with van der Waals surface area (Å²) in [5.41, 5.74) is -1.26. The third kappa shape index (κ3) is 4.91. The van der Waals surface area contributed by atoms with Crippen molar-refractivity contribution in [1.29, 1.82) is 0 Å². The second-order valence-electron chi connectivity index (χ2n) is 4.48. The van der Waals surface area contributed by atoms with Crippen LogP contribution < -0.4 is 51.4 Å². The van der Waals surface area contributed by atoms with Crippen molar-refractivity contribution in [2.45, 2.75) is 38.7 Å². The van der Waals surface area contributed by atoms with E-state index < -0.39 is 12.6 Å². The summed E-state index contributed by atoms with van der Waals surface area (Å²) >= 11 is 0. The second-order valence-corrected chi connectivity index (χ2v) is 4.48. The Morgan fingerprint density at radius 3 is 2.20 bits per heavy atom. The molecule has 0 aromatic heterocycles. The Morgan fingerprint density at radius 2 is 1.93 bits per heavy atom. The maximum Gasteiger partial charge on any atom is 1.00 e. The molecule has 82 valence electrons. The van der Waals surface area contributed by atoms with E-state index >= 15 is 0 Å². The Hall–Kier alpha value is 1.19. The van der Waals surface area contributed by atoms with Gasteiger partial charge in [-0.3, -0.25) is 0 Å². The minimum Gasteiger partial charge on any atom is -0.445 e. The van der Waals surface area contributed by atoms with Gasteiger partial charge in [-0.2, -0.15) is 0 Å². The molecule has 15 heavy (non-hydrogen) atoms. The molecule has 0 spiro atoms. The number of halogens is 3. The maximum atomic E-state index is 12.3. The van der Waals surface area contributed by atoms with Gasteiger partial charge in [-0.25, -0.2) is 0 Å². The summed E-state index contributed by atoms with van der Waals surface area (Å²) in [5, 5.41) is 9.63. The van der Waals surface area contributed by atoms with E-state index in [0.29, 0.717) is 12.8 Å². The first-order valence-electron chi connectivity index (χ1n) is 4.82. The van der Waals surface area contributed by atoms with Crippen LogP contribution in [0.5, 0.6) is 0 Å². The summed E-state index contributed by atoms with van der Waals surface area (Å²) in [5.74, 6) is -0.0515. The number of hydrogen-bond donors (Lipinski definition) is 1. The van der Waals surface area contributed by atoms with E-state index in [0.717, 1.165) is 0 Å². The molecule has 0 radical (unpaired) electrons. The Morgan fingerprint density at radius 1 is 1.40 bits per heavy atom. The molecule has 0 saturated carbocycles. The van der Waals surface area contributed by atoms with Crippen LogP contribution in [0.1, 0.15) is 33.1 Å². The van der Waals surface area contributed by atoms with Gasteiger partial charge >= 0.3 is 58.4 Å². The molecule has 0 amide bonds. The zero-order chi connectivity index (χ0) is 11.0. The average Bonchev–Trinajstić information content (AvgIpc) is 2.01. The quantitative estimate of drug-likeness (QED) is 0.673. The van der Waals surface area contributed by atoms with Gasteiger partial charge < -0.3 is 18.1 Å². The van der Waals surface area contributed by atoms with Gasteiger partial charge in [-0.1, -0.05) is 6.42 Å². The van der Waals surface area contributed by atoms with E-state index in [9.17, 15) is 18.1 Å². The van der Waals surface area contributed by atoms with Crippen molar-refractivity contribution < 1.29 is 69.4 Å². The first kappa shape index (κ1) is 16.2.